The molecule has 0 aromatic heterocycles. The van der Waals surface area contributed by atoms with Crippen LogP contribution in [0.5, 0.6) is 0 Å². The number of halogens is 1. The largest absolute Gasteiger partial charge is 0.385 e. The Bertz CT molecular complexity index is 417. The molecule has 0 saturated carbocycles. The van der Waals surface area contributed by atoms with Gasteiger partial charge in [0.05, 0.1) is 0 Å². The van der Waals surface area contributed by atoms with Gasteiger partial charge in [-0.25, -0.2) is 4.39 Å². The van der Waals surface area contributed by atoms with E-state index in [1.807, 2.05) is 0 Å². The summed E-state index contributed by atoms with van der Waals surface area (Å²) in [7, 11) is 1.68. The SMILES string of the molecule is COCCCCNC(=O)CC(c1ccc(F)cc1)C(C)C. The molecule has 118 valence electrons. The molecule has 0 aliphatic rings. The highest BCUT2D eigenvalue weighted by atomic mass is 19.1. The van der Waals surface area contributed by atoms with E-state index >= 15 is 0 Å². The number of rotatable bonds is 9. The van der Waals surface area contributed by atoms with Crippen LogP contribution < -0.4 is 5.32 Å². The van der Waals surface area contributed by atoms with Crippen LogP contribution in [0.25, 0.3) is 0 Å². The lowest BCUT2D eigenvalue weighted by Crippen LogP contribution is -2.27. The smallest absolute Gasteiger partial charge is 0.220 e. The second-order valence-corrected chi connectivity index (χ2v) is 5.66. The number of nitrogens with one attached hydrogen (secondary N) is 1. The van der Waals surface area contributed by atoms with Crippen LogP contribution in [0.1, 0.15) is 44.6 Å². The minimum Gasteiger partial charge on any atom is -0.385 e. The van der Waals surface area contributed by atoms with Crippen LogP contribution >= 0.6 is 0 Å². The lowest BCUT2D eigenvalue weighted by atomic mass is 9.85. The molecule has 1 amide bonds. The second-order valence-electron chi connectivity index (χ2n) is 5.66. The van der Waals surface area contributed by atoms with Crippen LogP contribution in [0.3, 0.4) is 0 Å². The molecule has 1 N–H and O–H groups in total. The van der Waals surface area contributed by atoms with E-state index in [2.05, 4.69) is 19.2 Å². The number of benzene rings is 1. The average molecular weight is 295 g/mol. The first kappa shape index (κ1) is 17.6. The van der Waals surface area contributed by atoms with E-state index in [1.165, 1.54) is 12.1 Å². The zero-order chi connectivity index (χ0) is 15.7. The Hall–Kier alpha value is -1.42. The average Bonchev–Trinajstić information content (AvgIpc) is 2.45. The minimum absolute atomic E-state index is 0.0513. The number of amides is 1. The number of carbonyl (C=O) groups excluding carboxylic acids is 1. The van der Waals surface area contributed by atoms with E-state index in [9.17, 15) is 9.18 Å². The minimum atomic E-state index is -0.246. The maximum atomic E-state index is 13.0. The van der Waals surface area contributed by atoms with Crippen molar-refractivity contribution in [3.05, 3.63) is 35.6 Å². The molecular weight excluding hydrogens is 269 g/mol. The molecule has 1 unspecified atom stereocenters. The number of carbonyl (C=O) groups is 1. The third kappa shape index (κ3) is 6.71. The standard InChI is InChI=1S/C17H26FNO2/c1-13(2)16(14-6-8-15(18)9-7-14)12-17(20)19-10-4-5-11-21-3/h6-9,13,16H,4-5,10-12H2,1-3H3,(H,19,20). The fourth-order valence-corrected chi connectivity index (χ4v) is 2.32. The molecule has 0 spiro atoms. The predicted octanol–water partition coefficient (Wildman–Crippen LogP) is 3.50. The number of unbranched alkanes of at least 4 members (excludes halogenated alkanes) is 1. The summed E-state index contributed by atoms with van der Waals surface area (Å²) in [4.78, 5) is 12.0. The van der Waals surface area contributed by atoms with Crippen molar-refractivity contribution in [2.24, 2.45) is 5.92 Å². The zero-order valence-electron chi connectivity index (χ0n) is 13.2. The molecule has 1 aromatic rings. The summed E-state index contributed by atoms with van der Waals surface area (Å²) in [5.41, 5.74) is 1.01. The van der Waals surface area contributed by atoms with Gasteiger partial charge < -0.3 is 10.1 Å². The molecule has 0 fully saturated rings. The van der Waals surface area contributed by atoms with Crippen LogP contribution in [0.2, 0.25) is 0 Å². The van der Waals surface area contributed by atoms with Gasteiger partial charge in [-0.15, -0.1) is 0 Å². The highest BCUT2D eigenvalue weighted by Crippen LogP contribution is 2.27. The van der Waals surface area contributed by atoms with Crippen molar-refractivity contribution in [3.63, 3.8) is 0 Å². The molecule has 4 heteroatoms. The lowest BCUT2D eigenvalue weighted by Gasteiger charge is -2.21. The van der Waals surface area contributed by atoms with Gasteiger partial charge in [-0.05, 0) is 42.4 Å². The van der Waals surface area contributed by atoms with Gasteiger partial charge in [0.2, 0.25) is 5.91 Å². The molecule has 1 atom stereocenters. The molecule has 0 radical (unpaired) electrons. The third-order valence-corrected chi connectivity index (χ3v) is 3.61. The van der Waals surface area contributed by atoms with Crippen LogP contribution in [0.15, 0.2) is 24.3 Å². The third-order valence-electron chi connectivity index (χ3n) is 3.61. The van der Waals surface area contributed by atoms with Crippen molar-refractivity contribution in [2.45, 2.75) is 39.0 Å². The van der Waals surface area contributed by atoms with Gasteiger partial charge >= 0.3 is 0 Å². The quantitative estimate of drug-likeness (QED) is 0.708. The summed E-state index contributed by atoms with van der Waals surface area (Å²) in [5, 5.41) is 2.94. The van der Waals surface area contributed by atoms with Crippen molar-refractivity contribution < 1.29 is 13.9 Å². The summed E-state index contributed by atoms with van der Waals surface area (Å²) in [6.45, 7) is 5.57. The number of hydrogen-bond donors (Lipinski definition) is 1. The Morgan fingerprint density at radius 1 is 1.24 bits per heavy atom. The molecule has 0 aliphatic heterocycles. The Balaban J connectivity index is 2.47. The first-order valence-electron chi connectivity index (χ1n) is 7.55. The molecule has 0 aliphatic carbocycles. The molecule has 21 heavy (non-hydrogen) atoms. The number of hydrogen-bond acceptors (Lipinski definition) is 2. The van der Waals surface area contributed by atoms with Gasteiger partial charge in [0.1, 0.15) is 5.82 Å². The van der Waals surface area contributed by atoms with Crippen LogP contribution in [0.4, 0.5) is 4.39 Å². The van der Waals surface area contributed by atoms with Gasteiger partial charge in [-0.3, -0.25) is 4.79 Å². The van der Waals surface area contributed by atoms with E-state index in [0.29, 0.717) is 18.9 Å². The van der Waals surface area contributed by atoms with Gasteiger partial charge in [-0.1, -0.05) is 26.0 Å². The monoisotopic (exact) mass is 295 g/mol. The summed E-state index contributed by atoms with van der Waals surface area (Å²) in [6, 6.07) is 6.44. The van der Waals surface area contributed by atoms with Gasteiger partial charge in [-0.2, -0.15) is 0 Å². The van der Waals surface area contributed by atoms with Crippen molar-refractivity contribution in [1.29, 1.82) is 0 Å². The lowest BCUT2D eigenvalue weighted by molar-refractivity contribution is -0.121. The molecule has 1 aromatic carbocycles. The van der Waals surface area contributed by atoms with Crippen LogP contribution in [0, 0.1) is 11.7 Å². The number of methoxy groups -OCH3 is 1. The van der Waals surface area contributed by atoms with Gasteiger partial charge in [0.25, 0.3) is 0 Å². The van der Waals surface area contributed by atoms with E-state index in [1.54, 1.807) is 19.2 Å². The highest BCUT2D eigenvalue weighted by molar-refractivity contribution is 5.76. The molecule has 3 nitrogen and oxygen atoms in total. The Kier molecular flexibility index (Phi) is 7.98. The molecule has 0 saturated heterocycles. The fourth-order valence-electron chi connectivity index (χ4n) is 2.32. The summed E-state index contributed by atoms with van der Waals surface area (Å²) < 4.78 is 18.0. The molecule has 1 rings (SSSR count). The normalized spacial score (nSPS) is 12.4. The molecular formula is C17H26FNO2. The van der Waals surface area contributed by atoms with Crippen molar-refractivity contribution in [3.8, 4) is 0 Å². The van der Waals surface area contributed by atoms with E-state index in [4.69, 9.17) is 4.74 Å². The Morgan fingerprint density at radius 3 is 2.48 bits per heavy atom. The van der Waals surface area contributed by atoms with E-state index < -0.39 is 0 Å². The fraction of sp³-hybridized carbons (Fsp3) is 0.588. The summed E-state index contributed by atoms with van der Waals surface area (Å²) in [5.74, 6) is 0.249. The maximum Gasteiger partial charge on any atom is 0.220 e. The maximum absolute atomic E-state index is 13.0. The first-order valence-corrected chi connectivity index (χ1v) is 7.55. The molecule has 0 heterocycles. The molecule has 0 bridgehead atoms. The predicted molar refractivity (Wildman–Crippen MR) is 82.7 cm³/mol. The zero-order valence-corrected chi connectivity index (χ0v) is 13.2. The van der Waals surface area contributed by atoms with Crippen molar-refractivity contribution in [1.82, 2.24) is 5.32 Å². The topological polar surface area (TPSA) is 38.3 Å². The summed E-state index contributed by atoms with van der Waals surface area (Å²) in [6.07, 6.45) is 2.30. The second kappa shape index (κ2) is 9.50. The van der Waals surface area contributed by atoms with E-state index in [-0.39, 0.29) is 17.6 Å². The summed E-state index contributed by atoms with van der Waals surface area (Å²) >= 11 is 0. The Morgan fingerprint density at radius 2 is 1.90 bits per heavy atom. The number of ether oxygens (including phenoxy) is 1. The van der Waals surface area contributed by atoms with Gasteiger partial charge in [0, 0.05) is 26.7 Å². The van der Waals surface area contributed by atoms with Crippen LogP contribution in [-0.4, -0.2) is 26.2 Å². The van der Waals surface area contributed by atoms with E-state index in [0.717, 1.165) is 25.0 Å². The van der Waals surface area contributed by atoms with Crippen molar-refractivity contribution in [2.75, 3.05) is 20.3 Å². The van der Waals surface area contributed by atoms with Crippen molar-refractivity contribution >= 4 is 5.91 Å². The first-order chi connectivity index (χ1) is 10.0. The highest BCUT2D eigenvalue weighted by Gasteiger charge is 2.19. The Labute approximate surface area is 126 Å². The van der Waals surface area contributed by atoms with Gasteiger partial charge in [0.15, 0.2) is 0 Å². The van der Waals surface area contributed by atoms with Crippen LogP contribution in [-0.2, 0) is 9.53 Å².